The molecule has 0 spiro atoms. The van der Waals surface area contributed by atoms with Crippen LogP contribution in [0.1, 0.15) is 32.0 Å². The molecule has 0 unspecified atom stereocenters. The lowest BCUT2D eigenvalue weighted by Gasteiger charge is -2.23. The number of benzene rings is 1. The van der Waals surface area contributed by atoms with E-state index in [1.807, 2.05) is 30.3 Å². The molecule has 0 saturated heterocycles. The van der Waals surface area contributed by atoms with E-state index in [-0.39, 0.29) is 13.0 Å². The molecule has 0 aliphatic rings. The standard InChI is InChI=1S/C21H27N5O6/c1-21(2,3)32-19(29)25-16(18(28)23-10-17(22)27)9-15-11-26(13-24-15)20(30)31-12-14-7-5-4-6-8-14/h4-8,11,13,16H,9-10,12H2,1-3H3,(H2,22,27)(H,23,28)(H,25,29)/t16-/m0/s1. The van der Waals surface area contributed by atoms with Gasteiger partial charge in [0.1, 0.15) is 24.6 Å². The topological polar surface area (TPSA) is 155 Å². The van der Waals surface area contributed by atoms with Crippen molar-refractivity contribution in [2.24, 2.45) is 5.73 Å². The number of carbonyl (C=O) groups is 4. The van der Waals surface area contributed by atoms with Gasteiger partial charge in [0.2, 0.25) is 11.8 Å². The molecule has 2 rings (SSSR count). The van der Waals surface area contributed by atoms with Crippen LogP contribution in [-0.2, 0) is 32.1 Å². The molecule has 32 heavy (non-hydrogen) atoms. The fraction of sp³-hybridized carbons (Fsp3) is 0.381. The molecule has 0 aliphatic heterocycles. The predicted molar refractivity (Wildman–Crippen MR) is 113 cm³/mol. The van der Waals surface area contributed by atoms with Gasteiger partial charge in [-0.15, -0.1) is 0 Å². The van der Waals surface area contributed by atoms with Crippen molar-refractivity contribution in [3.05, 3.63) is 54.1 Å². The van der Waals surface area contributed by atoms with Gasteiger partial charge in [0.05, 0.1) is 12.2 Å². The Balaban J connectivity index is 2.03. The van der Waals surface area contributed by atoms with Crippen LogP contribution >= 0.6 is 0 Å². The molecular weight excluding hydrogens is 418 g/mol. The van der Waals surface area contributed by atoms with Crippen molar-refractivity contribution < 1.29 is 28.7 Å². The number of imidazole rings is 1. The second-order valence-electron chi connectivity index (χ2n) is 7.90. The third-order valence-electron chi connectivity index (χ3n) is 3.91. The van der Waals surface area contributed by atoms with E-state index < -0.39 is 42.2 Å². The number of rotatable bonds is 8. The summed E-state index contributed by atoms with van der Waals surface area (Å²) in [5.41, 5.74) is 5.44. The highest BCUT2D eigenvalue weighted by molar-refractivity contribution is 5.89. The summed E-state index contributed by atoms with van der Waals surface area (Å²) in [5.74, 6) is -1.39. The van der Waals surface area contributed by atoms with E-state index in [0.29, 0.717) is 5.69 Å². The Hall–Kier alpha value is -3.89. The first-order valence-electron chi connectivity index (χ1n) is 9.83. The number of nitrogens with zero attached hydrogens (tertiary/aromatic N) is 2. The zero-order valence-corrected chi connectivity index (χ0v) is 18.2. The van der Waals surface area contributed by atoms with Gasteiger partial charge in [-0.05, 0) is 26.3 Å². The molecule has 0 aliphatic carbocycles. The molecule has 0 radical (unpaired) electrons. The van der Waals surface area contributed by atoms with E-state index >= 15 is 0 Å². The first-order chi connectivity index (χ1) is 15.0. The van der Waals surface area contributed by atoms with Crippen LogP contribution < -0.4 is 16.4 Å². The van der Waals surface area contributed by atoms with E-state index in [1.165, 1.54) is 12.5 Å². The highest BCUT2D eigenvalue weighted by Crippen LogP contribution is 2.09. The van der Waals surface area contributed by atoms with Crippen molar-refractivity contribution in [3.63, 3.8) is 0 Å². The quantitative estimate of drug-likeness (QED) is 0.550. The van der Waals surface area contributed by atoms with Crippen LogP contribution in [0.2, 0.25) is 0 Å². The van der Waals surface area contributed by atoms with Gasteiger partial charge in [-0.2, -0.15) is 0 Å². The van der Waals surface area contributed by atoms with E-state index in [1.54, 1.807) is 20.8 Å². The summed E-state index contributed by atoms with van der Waals surface area (Å²) in [7, 11) is 0. The Morgan fingerprint density at radius 2 is 1.84 bits per heavy atom. The molecule has 11 nitrogen and oxygen atoms in total. The second kappa shape index (κ2) is 10.9. The largest absolute Gasteiger partial charge is 0.444 e. The van der Waals surface area contributed by atoms with E-state index in [0.717, 1.165) is 10.1 Å². The zero-order chi connectivity index (χ0) is 23.7. The van der Waals surface area contributed by atoms with Gasteiger partial charge in [0, 0.05) is 12.6 Å². The summed E-state index contributed by atoms with van der Waals surface area (Å²) < 4.78 is 11.5. The number of ether oxygens (including phenoxy) is 2. The molecular formula is C21H27N5O6. The number of amides is 3. The van der Waals surface area contributed by atoms with Crippen LogP contribution in [0.3, 0.4) is 0 Å². The van der Waals surface area contributed by atoms with Crippen LogP contribution in [0.5, 0.6) is 0 Å². The van der Waals surface area contributed by atoms with Crippen LogP contribution in [0.25, 0.3) is 0 Å². The van der Waals surface area contributed by atoms with Crippen LogP contribution in [0.4, 0.5) is 9.59 Å². The summed E-state index contributed by atoms with van der Waals surface area (Å²) in [6.07, 6.45) is 1.09. The van der Waals surface area contributed by atoms with Crippen LogP contribution in [-0.4, -0.2) is 51.7 Å². The Bertz CT molecular complexity index is 951. The maximum Gasteiger partial charge on any atom is 0.419 e. The van der Waals surface area contributed by atoms with Crippen molar-refractivity contribution in [1.82, 2.24) is 20.2 Å². The molecule has 2 aromatic rings. The van der Waals surface area contributed by atoms with Gasteiger partial charge in [0.15, 0.2) is 0 Å². The highest BCUT2D eigenvalue weighted by Gasteiger charge is 2.26. The number of hydrogen-bond acceptors (Lipinski definition) is 7. The van der Waals surface area contributed by atoms with Gasteiger partial charge in [-0.1, -0.05) is 30.3 Å². The number of primary amides is 1. The van der Waals surface area contributed by atoms with E-state index in [2.05, 4.69) is 15.6 Å². The summed E-state index contributed by atoms with van der Waals surface area (Å²) in [4.78, 5) is 51.9. The minimum Gasteiger partial charge on any atom is -0.444 e. The van der Waals surface area contributed by atoms with Crippen molar-refractivity contribution >= 4 is 24.0 Å². The molecule has 11 heteroatoms. The molecule has 1 aromatic carbocycles. The zero-order valence-electron chi connectivity index (χ0n) is 18.2. The summed E-state index contributed by atoms with van der Waals surface area (Å²) in [6, 6.07) is 8.05. The van der Waals surface area contributed by atoms with Gasteiger partial charge in [-0.25, -0.2) is 19.1 Å². The number of hydrogen-bond donors (Lipinski definition) is 3. The first-order valence-corrected chi connectivity index (χ1v) is 9.83. The van der Waals surface area contributed by atoms with E-state index in [9.17, 15) is 19.2 Å². The summed E-state index contributed by atoms with van der Waals surface area (Å²) >= 11 is 0. The molecule has 172 valence electrons. The van der Waals surface area contributed by atoms with Crippen molar-refractivity contribution in [3.8, 4) is 0 Å². The Morgan fingerprint density at radius 1 is 1.16 bits per heavy atom. The number of nitrogens with one attached hydrogen (secondary N) is 2. The molecule has 0 fully saturated rings. The average Bonchev–Trinajstić information content (AvgIpc) is 3.17. The van der Waals surface area contributed by atoms with Gasteiger partial charge < -0.3 is 25.8 Å². The highest BCUT2D eigenvalue weighted by atomic mass is 16.6. The Labute approximate surface area is 185 Å². The third-order valence-corrected chi connectivity index (χ3v) is 3.91. The Morgan fingerprint density at radius 3 is 2.47 bits per heavy atom. The summed E-state index contributed by atoms with van der Waals surface area (Å²) in [5, 5.41) is 4.77. The molecule has 1 heterocycles. The lowest BCUT2D eigenvalue weighted by Crippen LogP contribution is -2.50. The van der Waals surface area contributed by atoms with Crippen molar-refractivity contribution in [2.75, 3.05) is 6.54 Å². The normalized spacial score (nSPS) is 11.8. The minimum atomic E-state index is -1.12. The number of carbonyl (C=O) groups excluding carboxylic acids is 4. The lowest BCUT2D eigenvalue weighted by molar-refractivity contribution is -0.126. The van der Waals surface area contributed by atoms with Crippen LogP contribution in [0.15, 0.2) is 42.9 Å². The van der Waals surface area contributed by atoms with Crippen molar-refractivity contribution in [1.29, 1.82) is 0 Å². The predicted octanol–water partition coefficient (Wildman–Crippen LogP) is 1.11. The first kappa shape index (κ1) is 24.4. The molecule has 0 saturated carbocycles. The average molecular weight is 445 g/mol. The summed E-state index contributed by atoms with van der Waals surface area (Å²) in [6.45, 7) is 4.73. The monoisotopic (exact) mass is 445 g/mol. The molecule has 1 aromatic heterocycles. The van der Waals surface area contributed by atoms with Crippen LogP contribution in [0, 0.1) is 0 Å². The molecule has 0 bridgehead atoms. The van der Waals surface area contributed by atoms with Gasteiger partial charge in [0.25, 0.3) is 0 Å². The second-order valence-corrected chi connectivity index (χ2v) is 7.90. The smallest absolute Gasteiger partial charge is 0.419 e. The van der Waals surface area contributed by atoms with Gasteiger partial charge >= 0.3 is 12.2 Å². The Kier molecular flexibility index (Phi) is 8.33. The van der Waals surface area contributed by atoms with E-state index in [4.69, 9.17) is 15.2 Å². The molecule has 3 amide bonds. The number of aromatic nitrogens is 2. The number of alkyl carbamates (subject to hydrolysis) is 1. The minimum absolute atomic E-state index is 0.0667. The fourth-order valence-electron chi connectivity index (χ4n) is 2.53. The number of nitrogens with two attached hydrogens (primary N) is 1. The third kappa shape index (κ3) is 8.46. The fourth-order valence-corrected chi connectivity index (χ4v) is 2.53. The van der Waals surface area contributed by atoms with Crippen molar-refractivity contribution in [2.45, 2.75) is 45.4 Å². The van der Waals surface area contributed by atoms with Gasteiger partial charge in [-0.3, -0.25) is 9.59 Å². The maximum absolute atomic E-state index is 12.4. The maximum atomic E-state index is 12.4. The lowest BCUT2D eigenvalue weighted by atomic mass is 10.1. The molecule has 4 N–H and O–H groups in total. The SMILES string of the molecule is CC(C)(C)OC(=O)N[C@@H](Cc1cn(C(=O)OCc2ccccc2)cn1)C(=O)NCC(N)=O. The molecule has 1 atom stereocenters.